The molecule has 0 atom stereocenters. The molecule has 24 rings (SSSR count). The van der Waals surface area contributed by atoms with E-state index in [4.69, 9.17) is 36.3 Å². The number of hydrogen-bond donors (Lipinski definition) is 0. The highest BCUT2D eigenvalue weighted by molar-refractivity contribution is 6.32. The quantitative estimate of drug-likeness (QED) is 0.0881. The second-order valence-corrected chi connectivity index (χ2v) is 31.3. The van der Waals surface area contributed by atoms with Crippen molar-refractivity contribution in [3.05, 3.63) is 376 Å². The van der Waals surface area contributed by atoms with Crippen molar-refractivity contribution in [3.63, 3.8) is 0 Å². The molecular weight excluding hydrogens is 1640 g/mol. The van der Waals surface area contributed by atoms with Crippen LogP contribution < -0.4 is 0 Å². The van der Waals surface area contributed by atoms with E-state index in [1.165, 1.54) is 5.39 Å². The predicted octanol–water partition coefficient (Wildman–Crippen LogP) is 26.9. The van der Waals surface area contributed by atoms with E-state index in [-0.39, 0.29) is 68.3 Å². The number of aromatic nitrogens is 9. The van der Waals surface area contributed by atoms with Gasteiger partial charge in [0.05, 0.1) is 70.1 Å². The van der Waals surface area contributed by atoms with E-state index >= 15 is 0 Å². The summed E-state index contributed by atoms with van der Waals surface area (Å²) in [6, 6.07) is 110. The molecule has 0 amide bonds. The van der Waals surface area contributed by atoms with Gasteiger partial charge in [0.15, 0.2) is 51.2 Å². The van der Waals surface area contributed by atoms with Crippen molar-refractivity contribution < 1.29 is 0 Å². The average molecular weight is 1690 g/mol. The second-order valence-electron chi connectivity index (χ2n) is 31.3. The van der Waals surface area contributed by atoms with E-state index in [1.54, 1.807) is 12.1 Å². The topological polar surface area (TPSA) is 324 Å². The maximum atomic E-state index is 9.98. The zero-order valence-corrected chi connectivity index (χ0v) is 69.4. The molecule has 21 nitrogen and oxygen atoms in total. The molecule has 5 heterocycles. The minimum Gasteiger partial charge on any atom is -0.358 e. The fourth-order valence-corrected chi connectivity index (χ4v) is 18.3. The molecule has 0 saturated heterocycles. The van der Waals surface area contributed by atoms with Crippen LogP contribution in [0.1, 0.15) is 51.1 Å². The second kappa shape index (κ2) is 32.1. The van der Waals surface area contributed by atoms with Gasteiger partial charge in [-0.05, 0) is 198 Å². The Morgan fingerprint density at radius 3 is 0.925 bits per heavy atom. The van der Waals surface area contributed by atoms with E-state index in [1.807, 2.05) is 189 Å². The fourth-order valence-electron chi connectivity index (χ4n) is 18.3. The van der Waals surface area contributed by atoms with Crippen LogP contribution in [0.25, 0.3) is 237 Å². The van der Waals surface area contributed by atoms with Crippen molar-refractivity contribution in [2.75, 3.05) is 0 Å². The lowest BCUT2D eigenvalue weighted by Crippen LogP contribution is -1.99. The van der Waals surface area contributed by atoms with Crippen molar-refractivity contribution in [2.24, 2.45) is 0 Å². The SMILES string of the molecule is N#Cc1nc2c3cc4ccccc4cc3c3cc4ccccc4cc3c2nc1C#N.N#Cc1nc2c3cc4ccccc4cc3c3cc4ccccc4nc3c2nc1C#N.[C-]#[N+]c1c([N+]#[C-])c([N+]#[C-])c2cc3c4cc5ccccc5cc4c4nc(C#N)c(C#N)nc4c3cc2c1C#N.[C-]#[N+]c1nc(-c2c(-c3ccc4ccccc4c3)c3ccccc3c3ccccc23)c(C)nc1C#N. The third-order valence-corrected chi connectivity index (χ3v) is 24.2. The molecule has 0 radical (unpaired) electrons. The van der Waals surface area contributed by atoms with E-state index in [9.17, 15) is 42.1 Å². The number of para-hydroxylation sites is 1. The Bertz CT molecular complexity index is 9550. The van der Waals surface area contributed by atoms with Gasteiger partial charge in [-0.2, -0.15) is 42.1 Å². The van der Waals surface area contributed by atoms with Crippen molar-refractivity contribution in [3.8, 4) is 70.9 Å². The van der Waals surface area contributed by atoms with Crippen LogP contribution in [0.15, 0.2) is 279 Å². The van der Waals surface area contributed by atoms with Crippen LogP contribution in [0.5, 0.6) is 0 Å². The Labute approximate surface area is 753 Å². The van der Waals surface area contributed by atoms with Gasteiger partial charge < -0.3 is 4.85 Å². The Kier molecular flexibility index (Phi) is 19.1. The number of nitrogens with zero attached hydrogens (tertiary/aromatic N) is 21. The molecule has 5 aromatic heterocycles. The number of aryl methyl sites for hydroxylation is 1. The van der Waals surface area contributed by atoms with Gasteiger partial charge in [0.25, 0.3) is 0 Å². The summed E-state index contributed by atoms with van der Waals surface area (Å²) in [5.41, 5.74) is 8.63. The summed E-state index contributed by atoms with van der Waals surface area (Å²) >= 11 is 0. The van der Waals surface area contributed by atoms with Crippen LogP contribution in [0.2, 0.25) is 0 Å². The van der Waals surface area contributed by atoms with Gasteiger partial charge in [0, 0.05) is 48.8 Å². The summed E-state index contributed by atoms with van der Waals surface area (Å²) in [5.74, 6) is 0.0230. The predicted molar refractivity (Wildman–Crippen MR) is 519 cm³/mol. The smallest absolute Gasteiger partial charge is 0.307 e. The largest absolute Gasteiger partial charge is 0.358 e. The van der Waals surface area contributed by atoms with Crippen molar-refractivity contribution in [1.29, 1.82) is 42.1 Å². The van der Waals surface area contributed by atoms with Gasteiger partial charge >= 0.3 is 5.82 Å². The van der Waals surface area contributed by atoms with Crippen molar-refractivity contribution in [1.82, 2.24) is 44.9 Å². The summed E-state index contributed by atoms with van der Waals surface area (Å²) in [5, 5.41) is 103. The zero-order valence-electron chi connectivity index (χ0n) is 69.4. The summed E-state index contributed by atoms with van der Waals surface area (Å²) in [6.45, 7) is 32.4. The normalized spacial score (nSPS) is 11.0. The Balaban J connectivity index is 0.000000107. The highest BCUT2D eigenvalue weighted by atomic mass is 15.0. The monoisotopic (exact) mass is 1690 g/mol. The first-order valence-corrected chi connectivity index (χ1v) is 41.3. The highest BCUT2D eigenvalue weighted by Crippen LogP contribution is 2.51. The molecule has 0 saturated carbocycles. The van der Waals surface area contributed by atoms with Crippen LogP contribution in [0.3, 0.4) is 0 Å². The standard InChI is InChI=1S/C31H18N4.C30H8N8.C26H12N4.C25H11N5/c1-19-30(35-31(33-2)27(18-32)34-19)29-26-14-8-6-12-24(26)23-11-5-7-13-25(23)28(29)22-16-15-20-9-3-4-10-21(20)17-22;1-34-26-21-10-18-17-8-15-6-4-5-7-16(15)9-20(17)28-29(38-25(14-33)24(13-32)37-28)22(18)11-19(21)23(12-31)27(35-2)30(26)36-3;27-13-23-24(14-28)30-26-22-12-18-8-4-2-6-16(18)10-20(22)19-9-15-5-1-3-7-17(15)11-21(19)25(26)29-23;26-12-21-22(13-27)30-25-23-19(11-16-7-3-4-8-20(16)28-23)17-9-14-5-1-2-6-15(14)10-18(17)24(25)29-21/h3-17H,1H3;4-11H;1-12H;1-11H. The molecule has 0 aliphatic carbocycles. The van der Waals surface area contributed by atoms with Crippen molar-refractivity contribution in [2.45, 2.75) is 6.92 Å². The van der Waals surface area contributed by atoms with Crippen LogP contribution >= 0.6 is 0 Å². The first-order chi connectivity index (χ1) is 65.3. The van der Waals surface area contributed by atoms with Gasteiger partial charge in [0.2, 0.25) is 11.4 Å². The van der Waals surface area contributed by atoms with E-state index in [0.717, 1.165) is 141 Å². The Hall–Kier alpha value is -20.8. The lowest BCUT2D eigenvalue weighted by Gasteiger charge is -2.18. The molecule has 602 valence electrons. The minimum atomic E-state index is -0.174. The molecule has 21 heteroatoms. The molecule has 133 heavy (non-hydrogen) atoms. The molecule has 24 aromatic rings. The number of fused-ring (bicyclic) bond motifs is 28. The molecule has 0 fully saturated rings. The fraction of sp³-hybridized carbons (Fsp3) is 0.00893. The molecule has 19 aromatic carbocycles. The zero-order chi connectivity index (χ0) is 91.0. The van der Waals surface area contributed by atoms with Gasteiger partial charge in [-0.25, -0.2) is 39.9 Å². The molecule has 0 spiro atoms. The summed E-state index contributed by atoms with van der Waals surface area (Å²) in [7, 11) is 0. The molecule has 0 unspecified atom stereocenters. The molecule has 0 aliphatic heterocycles. The number of hydrogen-bond acceptors (Lipinski definition) is 17. The van der Waals surface area contributed by atoms with Crippen LogP contribution in [-0.4, -0.2) is 44.9 Å². The third kappa shape index (κ3) is 12.9. The maximum Gasteiger partial charge on any atom is 0.307 e. The summed E-state index contributed by atoms with van der Waals surface area (Å²) in [6.07, 6.45) is 0. The van der Waals surface area contributed by atoms with E-state index < -0.39 is 0 Å². The van der Waals surface area contributed by atoms with E-state index in [0.29, 0.717) is 76.9 Å². The number of benzene rings is 19. The van der Waals surface area contributed by atoms with Crippen LogP contribution in [0, 0.1) is 124 Å². The molecule has 0 N–H and O–H groups in total. The van der Waals surface area contributed by atoms with E-state index in [2.05, 4.69) is 188 Å². The lowest BCUT2D eigenvalue weighted by atomic mass is 9.85. The highest BCUT2D eigenvalue weighted by Gasteiger charge is 2.28. The summed E-state index contributed by atoms with van der Waals surface area (Å²) in [4.78, 5) is 55.2. The first-order valence-electron chi connectivity index (χ1n) is 41.3. The van der Waals surface area contributed by atoms with Gasteiger partial charge in [-0.1, -0.05) is 213 Å². The first kappa shape index (κ1) is 79.4. The third-order valence-electron chi connectivity index (χ3n) is 24.2. The van der Waals surface area contributed by atoms with Gasteiger partial charge in [-0.15, -0.1) is 4.98 Å². The Morgan fingerprint density at radius 1 is 0.218 bits per heavy atom. The number of pyridine rings is 1. The molecule has 0 bridgehead atoms. The van der Waals surface area contributed by atoms with Crippen molar-refractivity contribution >= 4 is 218 Å². The van der Waals surface area contributed by atoms with Crippen LogP contribution in [0.4, 0.5) is 22.9 Å². The van der Waals surface area contributed by atoms with Gasteiger partial charge in [-0.3, -0.25) is 14.5 Å². The number of rotatable bonds is 2. The molecular formula is C112H49N21. The van der Waals surface area contributed by atoms with Crippen LogP contribution in [-0.2, 0) is 0 Å². The Morgan fingerprint density at radius 2 is 0.526 bits per heavy atom. The average Bonchev–Trinajstić information content (AvgIpc) is 0.769. The number of nitriles is 8. The minimum absolute atomic E-state index is 0.000405. The molecule has 0 aliphatic rings. The summed E-state index contributed by atoms with van der Waals surface area (Å²) < 4.78 is 0. The van der Waals surface area contributed by atoms with Gasteiger partial charge in [0.1, 0.15) is 53.5 Å². The maximum absolute atomic E-state index is 9.98. The lowest BCUT2D eigenvalue weighted by molar-refractivity contribution is 1.11.